The highest BCUT2D eigenvalue weighted by Gasteiger charge is 2.19. The molecule has 1 aromatic heterocycles. The maximum atomic E-state index is 10.8. The number of benzene rings is 1. The number of anilines is 1. The highest BCUT2D eigenvalue weighted by molar-refractivity contribution is 6.28. The highest BCUT2D eigenvalue weighted by atomic mass is 35.5. The predicted octanol–water partition coefficient (Wildman–Crippen LogP) is 2.79. The molecule has 1 aliphatic rings. The molecule has 1 aromatic carbocycles. The SMILES string of the molecule is O=[N+]([O-])c1ccc2c(N3CCCC3)nc(Cl)nc2c1. The first-order valence-electron chi connectivity index (χ1n) is 6.02. The Morgan fingerprint density at radius 2 is 2.00 bits per heavy atom. The normalized spacial score (nSPS) is 15.1. The molecule has 0 unspecified atom stereocenters. The van der Waals surface area contributed by atoms with E-state index in [2.05, 4.69) is 14.9 Å². The molecule has 1 fully saturated rings. The van der Waals surface area contributed by atoms with Crippen molar-refractivity contribution in [1.29, 1.82) is 0 Å². The van der Waals surface area contributed by atoms with E-state index in [1.807, 2.05) is 0 Å². The summed E-state index contributed by atoms with van der Waals surface area (Å²) in [6.45, 7) is 1.86. The summed E-state index contributed by atoms with van der Waals surface area (Å²) in [6.07, 6.45) is 2.24. The third-order valence-electron chi connectivity index (χ3n) is 3.25. The summed E-state index contributed by atoms with van der Waals surface area (Å²) in [5.74, 6) is 0.766. The van der Waals surface area contributed by atoms with Crippen LogP contribution in [0.1, 0.15) is 12.8 Å². The summed E-state index contributed by atoms with van der Waals surface area (Å²) < 4.78 is 0. The molecule has 3 rings (SSSR count). The minimum absolute atomic E-state index is 0.00892. The molecule has 1 aliphatic heterocycles. The van der Waals surface area contributed by atoms with Gasteiger partial charge in [-0.2, -0.15) is 4.98 Å². The molecule has 0 radical (unpaired) electrons. The summed E-state index contributed by atoms with van der Waals surface area (Å²) in [7, 11) is 0. The van der Waals surface area contributed by atoms with Gasteiger partial charge < -0.3 is 4.90 Å². The largest absolute Gasteiger partial charge is 0.356 e. The van der Waals surface area contributed by atoms with Crippen molar-refractivity contribution in [2.45, 2.75) is 12.8 Å². The Labute approximate surface area is 114 Å². The van der Waals surface area contributed by atoms with Crippen LogP contribution in [0.2, 0.25) is 5.28 Å². The van der Waals surface area contributed by atoms with Crippen LogP contribution < -0.4 is 4.90 Å². The number of nitrogens with zero attached hydrogens (tertiary/aromatic N) is 4. The number of rotatable bonds is 2. The van der Waals surface area contributed by atoms with Crippen LogP contribution in [-0.2, 0) is 0 Å². The fraction of sp³-hybridized carbons (Fsp3) is 0.333. The minimum atomic E-state index is -0.440. The number of nitro benzene ring substituents is 1. The van der Waals surface area contributed by atoms with Gasteiger partial charge >= 0.3 is 0 Å². The quantitative estimate of drug-likeness (QED) is 0.480. The molecule has 0 N–H and O–H groups in total. The Bertz CT molecular complexity index is 655. The zero-order chi connectivity index (χ0) is 13.4. The molecule has 1 saturated heterocycles. The molecule has 19 heavy (non-hydrogen) atoms. The van der Waals surface area contributed by atoms with Gasteiger partial charge in [-0.25, -0.2) is 4.98 Å². The first-order valence-corrected chi connectivity index (χ1v) is 6.39. The maximum absolute atomic E-state index is 10.8. The molecule has 0 amide bonds. The monoisotopic (exact) mass is 278 g/mol. The number of aromatic nitrogens is 2. The molecule has 0 spiro atoms. The molecule has 0 bridgehead atoms. The molecule has 0 atom stereocenters. The lowest BCUT2D eigenvalue weighted by atomic mass is 10.2. The van der Waals surface area contributed by atoms with Gasteiger partial charge in [-0.3, -0.25) is 10.1 Å². The second-order valence-corrected chi connectivity index (χ2v) is 4.81. The minimum Gasteiger partial charge on any atom is -0.356 e. The summed E-state index contributed by atoms with van der Waals surface area (Å²) in [4.78, 5) is 20.8. The van der Waals surface area contributed by atoms with Crippen LogP contribution in [0.25, 0.3) is 10.9 Å². The molecule has 7 heteroatoms. The van der Waals surface area contributed by atoms with E-state index in [1.165, 1.54) is 12.1 Å². The third-order valence-corrected chi connectivity index (χ3v) is 3.42. The average Bonchev–Trinajstić information content (AvgIpc) is 2.90. The van der Waals surface area contributed by atoms with Crippen LogP contribution in [0.3, 0.4) is 0 Å². The van der Waals surface area contributed by atoms with E-state index in [0.29, 0.717) is 5.52 Å². The first kappa shape index (κ1) is 12.1. The van der Waals surface area contributed by atoms with Crippen LogP contribution in [0.4, 0.5) is 11.5 Å². The van der Waals surface area contributed by atoms with Gasteiger partial charge in [-0.05, 0) is 30.5 Å². The summed E-state index contributed by atoms with van der Waals surface area (Å²) >= 11 is 5.92. The van der Waals surface area contributed by atoms with Crippen molar-refractivity contribution in [2.24, 2.45) is 0 Å². The Kier molecular flexibility index (Phi) is 2.94. The molecule has 0 saturated carbocycles. The fourth-order valence-electron chi connectivity index (χ4n) is 2.36. The molecular weight excluding hydrogens is 268 g/mol. The van der Waals surface area contributed by atoms with Crippen LogP contribution in [-0.4, -0.2) is 28.0 Å². The van der Waals surface area contributed by atoms with Crippen molar-refractivity contribution in [3.63, 3.8) is 0 Å². The Hall–Kier alpha value is -1.95. The molecule has 2 aromatic rings. The van der Waals surface area contributed by atoms with Gasteiger partial charge in [0.15, 0.2) is 0 Å². The van der Waals surface area contributed by atoms with E-state index < -0.39 is 4.92 Å². The zero-order valence-corrected chi connectivity index (χ0v) is 10.8. The van der Waals surface area contributed by atoms with Gasteiger partial charge in [0.05, 0.1) is 10.4 Å². The average molecular weight is 279 g/mol. The standard InChI is InChI=1S/C12H11ClN4O2/c13-12-14-10-7-8(17(18)19)3-4-9(10)11(15-12)16-5-1-2-6-16/h3-4,7H,1-2,5-6H2. The lowest BCUT2D eigenvalue weighted by Gasteiger charge is -2.18. The number of halogens is 1. The van der Waals surface area contributed by atoms with E-state index in [1.54, 1.807) is 6.07 Å². The number of fused-ring (bicyclic) bond motifs is 1. The topological polar surface area (TPSA) is 72.2 Å². The van der Waals surface area contributed by atoms with Gasteiger partial charge in [0, 0.05) is 30.6 Å². The van der Waals surface area contributed by atoms with Gasteiger partial charge in [0.25, 0.3) is 5.69 Å². The van der Waals surface area contributed by atoms with E-state index in [9.17, 15) is 10.1 Å². The maximum Gasteiger partial charge on any atom is 0.271 e. The van der Waals surface area contributed by atoms with Crippen molar-refractivity contribution < 1.29 is 4.92 Å². The Morgan fingerprint density at radius 1 is 1.26 bits per heavy atom. The van der Waals surface area contributed by atoms with Crippen LogP contribution in [0, 0.1) is 10.1 Å². The number of hydrogen-bond acceptors (Lipinski definition) is 5. The van der Waals surface area contributed by atoms with E-state index in [4.69, 9.17) is 11.6 Å². The van der Waals surface area contributed by atoms with E-state index in [0.717, 1.165) is 37.1 Å². The van der Waals surface area contributed by atoms with Gasteiger partial charge in [-0.15, -0.1) is 0 Å². The molecule has 2 heterocycles. The third kappa shape index (κ3) is 2.19. The van der Waals surface area contributed by atoms with E-state index >= 15 is 0 Å². The molecular formula is C12H11ClN4O2. The lowest BCUT2D eigenvalue weighted by molar-refractivity contribution is -0.384. The first-order chi connectivity index (χ1) is 9.15. The van der Waals surface area contributed by atoms with Gasteiger partial charge in [0.2, 0.25) is 5.28 Å². The van der Waals surface area contributed by atoms with Crippen molar-refractivity contribution in [2.75, 3.05) is 18.0 Å². The van der Waals surface area contributed by atoms with Gasteiger partial charge in [0.1, 0.15) is 5.82 Å². The number of hydrogen-bond donors (Lipinski definition) is 0. The predicted molar refractivity (Wildman–Crippen MR) is 72.6 cm³/mol. The second kappa shape index (κ2) is 4.62. The van der Waals surface area contributed by atoms with Crippen molar-refractivity contribution in [1.82, 2.24) is 9.97 Å². The van der Waals surface area contributed by atoms with Gasteiger partial charge in [-0.1, -0.05) is 0 Å². The summed E-state index contributed by atoms with van der Waals surface area (Å²) in [6, 6.07) is 4.60. The van der Waals surface area contributed by atoms with Crippen LogP contribution in [0.5, 0.6) is 0 Å². The highest BCUT2D eigenvalue weighted by Crippen LogP contribution is 2.30. The number of non-ortho nitro benzene ring substituents is 1. The van der Waals surface area contributed by atoms with Crippen LogP contribution >= 0.6 is 11.6 Å². The van der Waals surface area contributed by atoms with Crippen molar-refractivity contribution in [3.05, 3.63) is 33.6 Å². The smallest absolute Gasteiger partial charge is 0.271 e. The molecule has 6 nitrogen and oxygen atoms in total. The van der Waals surface area contributed by atoms with E-state index in [-0.39, 0.29) is 11.0 Å². The number of nitro groups is 1. The Morgan fingerprint density at radius 3 is 2.68 bits per heavy atom. The Balaban J connectivity index is 2.19. The lowest BCUT2D eigenvalue weighted by Crippen LogP contribution is -2.19. The summed E-state index contributed by atoms with van der Waals surface area (Å²) in [5.41, 5.74) is 0.519. The second-order valence-electron chi connectivity index (χ2n) is 4.47. The van der Waals surface area contributed by atoms with Crippen molar-refractivity contribution >= 4 is 34.0 Å². The zero-order valence-electron chi connectivity index (χ0n) is 10.0. The van der Waals surface area contributed by atoms with Crippen LogP contribution in [0.15, 0.2) is 18.2 Å². The summed E-state index contributed by atoms with van der Waals surface area (Å²) in [5, 5.41) is 11.7. The molecule has 0 aliphatic carbocycles. The fourth-order valence-corrected chi connectivity index (χ4v) is 2.53. The molecule has 98 valence electrons. The van der Waals surface area contributed by atoms with Crippen molar-refractivity contribution in [3.8, 4) is 0 Å².